The highest BCUT2D eigenvalue weighted by molar-refractivity contribution is 7.55. The normalized spacial score (nSPS) is 16.8. The molecule has 1 amide bonds. The van der Waals surface area contributed by atoms with E-state index >= 15 is 0 Å². The highest BCUT2D eigenvalue weighted by Gasteiger charge is 2.33. The Morgan fingerprint density at radius 2 is 1.50 bits per heavy atom. The van der Waals surface area contributed by atoms with E-state index in [0.29, 0.717) is 13.1 Å². The van der Waals surface area contributed by atoms with Crippen molar-refractivity contribution in [1.82, 2.24) is 4.90 Å². The number of carbonyl (C=O) groups is 2. The number of Topliss-reactive ketones (excluding diaryl/α,β-unsaturated/α-hetero) is 1. The molecule has 0 aromatic carbocycles. The Hall–Kier alpha value is -0.710. The van der Waals surface area contributed by atoms with Gasteiger partial charge < -0.3 is 13.9 Å². The molecule has 1 fully saturated rings. The number of ketones is 1. The molecular formula is C13H24NO5P. The fourth-order valence-electron chi connectivity index (χ4n) is 2.22. The second-order valence-electron chi connectivity index (χ2n) is 4.73. The number of amides is 1. The predicted molar refractivity (Wildman–Crippen MR) is 75.8 cm³/mol. The van der Waals surface area contributed by atoms with Crippen LogP contribution in [0.15, 0.2) is 0 Å². The van der Waals surface area contributed by atoms with E-state index in [2.05, 4.69) is 0 Å². The summed E-state index contributed by atoms with van der Waals surface area (Å²) in [6.45, 7) is 4.90. The molecule has 1 rings (SSSR count). The Balaban J connectivity index is 2.63. The van der Waals surface area contributed by atoms with Crippen molar-refractivity contribution < 1.29 is 23.2 Å². The van der Waals surface area contributed by atoms with Gasteiger partial charge in [0.25, 0.3) is 5.91 Å². The van der Waals surface area contributed by atoms with Crippen molar-refractivity contribution >= 4 is 19.3 Å². The number of carbonyl (C=O) groups excluding carboxylic acids is 2. The average molecular weight is 305 g/mol. The highest BCUT2D eigenvalue weighted by atomic mass is 31.2. The van der Waals surface area contributed by atoms with Gasteiger partial charge in [0, 0.05) is 13.1 Å². The molecule has 0 saturated carbocycles. The zero-order valence-electron chi connectivity index (χ0n) is 12.3. The van der Waals surface area contributed by atoms with Gasteiger partial charge in [-0.05, 0) is 26.7 Å². The minimum atomic E-state index is -3.49. The van der Waals surface area contributed by atoms with Crippen molar-refractivity contribution in [3.05, 3.63) is 0 Å². The van der Waals surface area contributed by atoms with Crippen LogP contribution in [-0.4, -0.2) is 49.1 Å². The molecule has 0 aromatic rings. The summed E-state index contributed by atoms with van der Waals surface area (Å²) in [7, 11) is -3.49. The predicted octanol–water partition coefficient (Wildman–Crippen LogP) is 2.22. The summed E-state index contributed by atoms with van der Waals surface area (Å²) in [4.78, 5) is 25.6. The van der Waals surface area contributed by atoms with Gasteiger partial charge in [-0.15, -0.1) is 0 Å². The zero-order valence-corrected chi connectivity index (χ0v) is 13.2. The summed E-state index contributed by atoms with van der Waals surface area (Å²) in [6.07, 6.45) is 3.51. The first-order valence-electron chi connectivity index (χ1n) is 7.22. The third-order valence-corrected chi connectivity index (χ3v) is 5.10. The minimum Gasteiger partial charge on any atom is -0.336 e. The molecule has 1 aliphatic rings. The smallest absolute Gasteiger partial charge is 0.336 e. The van der Waals surface area contributed by atoms with Gasteiger partial charge in [0.2, 0.25) is 5.78 Å². The minimum absolute atomic E-state index is 0.183. The first kappa shape index (κ1) is 17.3. The van der Waals surface area contributed by atoms with E-state index in [9.17, 15) is 14.2 Å². The molecule has 0 aromatic heterocycles. The second kappa shape index (κ2) is 8.55. The Morgan fingerprint density at radius 3 is 1.95 bits per heavy atom. The molecule has 7 heteroatoms. The number of likely N-dealkylation sites (tertiary alicyclic amines) is 1. The van der Waals surface area contributed by atoms with Crippen LogP contribution in [0.5, 0.6) is 0 Å². The van der Waals surface area contributed by atoms with Gasteiger partial charge in [-0.25, -0.2) is 0 Å². The van der Waals surface area contributed by atoms with Gasteiger partial charge in [-0.1, -0.05) is 12.8 Å². The lowest BCUT2D eigenvalue weighted by atomic mass is 10.2. The third kappa shape index (κ3) is 5.35. The van der Waals surface area contributed by atoms with E-state index in [1.54, 1.807) is 18.7 Å². The lowest BCUT2D eigenvalue weighted by Crippen LogP contribution is -2.38. The van der Waals surface area contributed by atoms with E-state index in [0.717, 1.165) is 25.7 Å². The number of hydrogen-bond donors (Lipinski definition) is 0. The lowest BCUT2D eigenvalue weighted by Gasteiger charge is -2.21. The topological polar surface area (TPSA) is 72.9 Å². The van der Waals surface area contributed by atoms with E-state index < -0.39 is 25.4 Å². The first-order chi connectivity index (χ1) is 9.52. The summed E-state index contributed by atoms with van der Waals surface area (Å²) in [5.41, 5.74) is 0. The van der Waals surface area contributed by atoms with Crippen LogP contribution in [0.4, 0.5) is 0 Å². The number of nitrogens with zero attached hydrogens (tertiary/aromatic N) is 1. The molecule has 1 heterocycles. The maximum absolute atomic E-state index is 12.2. The van der Waals surface area contributed by atoms with E-state index in [1.807, 2.05) is 0 Å². The molecule has 0 atom stereocenters. The second-order valence-corrected chi connectivity index (χ2v) is 6.79. The van der Waals surface area contributed by atoms with Crippen molar-refractivity contribution in [2.45, 2.75) is 39.5 Å². The van der Waals surface area contributed by atoms with Crippen molar-refractivity contribution in [3.63, 3.8) is 0 Å². The van der Waals surface area contributed by atoms with Crippen molar-refractivity contribution in [1.29, 1.82) is 0 Å². The molecule has 0 spiro atoms. The van der Waals surface area contributed by atoms with Crippen molar-refractivity contribution in [3.8, 4) is 0 Å². The Bertz CT molecular complexity index is 367. The molecule has 1 aliphatic heterocycles. The zero-order chi connectivity index (χ0) is 15.0. The van der Waals surface area contributed by atoms with Gasteiger partial charge in [-0.3, -0.25) is 14.2 Å². The van der Waals surface area contributed by atoms with Crippen LogP contribution in [0.2, 0.25) is 0 Å². The van der Waals surface area contributed by atoms with Gasteiger partial charge in [0.05, 0.1) is 13.2 Å². The van der Waals surface area contributed by atoms with E-state index in [4.69, 9.17) is 9.05 Å². The van der Waals surface area contributed by atoms with Crippen molar-refractivity contribution in [2.24, 2.45) is 0 Å². The quantitative estimate of drug-likeness (QED) is 0.532. The van der Waals surface area contributed by atoms with Crippen LogP contribution >= 0.6 is 7.60 Å². The third-order valence-electron chi connectivity index (χ3n) is 3.12. The standard InChI is InChI=1S/C13H24NO5P/c1-3-18-20(17,19-4-2)11-12(15)13(16)14-9-7-5-6-8-10-14/h3-11H2,1-2H3. The molecule has 6 nitrogen and oxygen atoms in total. The van der Waals surface area contributed by atoms with Gasteiger partial charge >= 0.3 is 7.60 Å². The van der Waals surface area contributed by atoms with Crippen molar-refractivity contribution in [2.75, 3.05) is 32.5 Å². The largest absolute Gasteiger partial charge is 0.338 e. The van der Waals surface area contributed by atoms with Crippen LogP contribution in [-0.2, 0) is 23.2 Å². The summed E-state index contributed by atoms with van der Waals surface area (Å²) < 4.78 is 22.3. The molecule has 0 radical (unpaired) electrons. The molecule has 0 N–H and O–H groups in total. The fourth-order valence-corrected chi connectivity index (χ4v) is 3.75. The molecule has 116 valence electrons. The first-order valence-corrected chi connectivity index (χ1v) is 8.95. The Kier molecular flexibility index (Phi) is 7.41. The van der Waals surface area contributed by atoms with Gasteiger partial charge in [0.15, 0.2) is 0 Å². The molecule has 0 bridgehead atoms. The maximum atomic E-state index is 12.2. The monoisotopic (exact) mass is 305 g/mol. The summed E-state index contributed by atoms with van der Waals surface area (Å²) in [5, 5.41) is 0. The highest BCUT2D eigenvalue weighted by Crippen LogP contribution is 2.47. The van der Waals surface area contributed by atoms with E-state index in [1.165, 1.54) is 0 Å². The molecule has 0 aliphatic carbocycles. The van der Waals surface area contributed by atoms with Crippen LogP contribution in [0.1, 0.15) is 39.5 Å². The summed E-state index contributed by atoms with van der Waals surface area (Å²) >= 11 is 0. The average Bonchev–Trinajstić information content (AvgIpc) is 2.66. The number of hydrogen-bond acceptors (Lipinski definition) is 5. The summed E-state index contributed by atoms with van der Waals surface area (Å²) in [6, 6.07) is 0. The number of rotatable bonds is 7. The van der Waals surface area contributed by atoms with Crippen LogP contribution in [0.3, 0.4) is 0 Å². The van der Waals surface area contributed by atoms with Gasteiger partial charge in [0.1, 0.15) is 6.16 Å². The van der Waals surface area contributed by atoms with Crippen LogP contribution in [0.25, 0.3) is 0 Å². The van der Waals surface area contributed by atoms with Crippen LogP contribution in [0, 0.1) is 0 Å². The Labute approximate surface area is 120 Å². The fraction of sp³-hybridized carbons (Fsp3) is 0.846. The molecule has 0 unspecified atom stereocenters. The Morgan fingerprint density at radius 1 is 1.00 bits per heavy atom. The molecular weight excluding hydrogens is 281 g/mol. The van der Waals surface area contributed by atoms with Crippen LogP contribution < -0.4 is 0 Å². The molecule has 20 heavy (non-hydrogen) atoms. The molecule has 1 saturated heterocycles. The SMILES string of the molecule is CCOP(=O)(CC(=O)C(=O)N1CCCCCC1)OCC. The maximum Gasteiger partial charge on any atom is 0.338 e. The van der Waals surface area contributed by atoms with E-state index in [-0.39, 0.29) is 13.2 Å². The summed E-state index contributed by atoms with van der Waals surface area (Å²) in [5.74, 6) is -1.25. The lowest BCUT2D eigenvalue weighted by molar-refractivity contribution is -0.143. The van der Waals surface area contributed by atoms with Gasteiger partial charge in [-0.2, -0.15) is 0 Å².